The zero-order valence-corrected chi connectivity index (χ0v) is 8.38. The van der Waals surface area contributed by atoms with Crippen molar-refractivity contribution < 1.29 is 9.18 Å². The summed E-state index contributed by atoms with van der Waals surface area (Å²) in [6, 6.07) is 4.33. The van der Waals surface area contributed by atoms with E-state index >= 15 is 0 Å². The van der Waals surface area contributed by atoms with Crippen LogP contribution in [0.3, 0.4) is 0 Å². The van der Waals surface area contributed by atoms with Gasteiger partial charge in [-0.2, -0.15) is 0 Å². The fourth-order valence-electron chi connectivity index (χ4n) is 1.59. The smallest absolute Gasteiger partial charge is 0.270 e. The number of carbonyl (C=O) groups excluding carboxylic acids is 1. The second-order valence-electron chi connectivity index (χ2n) is 3.45. The molecule has 1 aliphatic rings. The Labute approximate surface area is 87.0 Å². The lowest BCUT2D eigenvalue weighted by atomic mass is 10.0. The van der Waals surface area contributed by atoms with Gasteiger partial charge in [0.2, 0.25) is 0 Å². The van der Waals surface area contributed by atoms with E-state index in [0.29, 0.717) is 24.4 Å². The van der Waals surface area contributed by atoms with Gasteiger partial charge in [-0.1, -0.05) is 0 Å². The first kappa shape index (κ1) is 9.83. The minimum absolute atomic E-state index is 0.184. The molecule has 1 aliphatic heterocycles. The van der Waals surface area contributed by atoms with Crippen LogP contribution in [0.25, 0.3) is 0 Å². The molecule has 1 heterocycles. The molecular formula is C11H11FN2O. The SMILES string of the molecule is Cc1cc(F)ccc1C1=NCCNC1=O. The maximum Gasteiger partial charge on any atom is 0.270 e. The molecular weight excluding hydrogens is 195 g/mol. The molecule has 1 N–H and O–H groups in total. The predicted octanol–water partition coefficient (Wildman–Crippen LogP) is 1.05. The molecule has 0 radical (unpaired) electrons. The van der Waals surface area contributed by atoms with Crippen LogP contribution in [0.4, 0.5) is 4.39 Å². The second kappa shape index (κ2) is 3.81. The van der Waals surface area contributed by atoms with Gasteiger partial charge < -0.3 is 5.32 Å². The number of rotatable bonds is 1. The molecule has 0 unspecified atom stereocenters. The van der Waals surface area contributed by atoms with Crippen LogP contribution in [0.2, 0.25) is 0 Å². The van der Waals surface area contributed by atoms with Gasteiger partial charge in [0, 0.05) is 12.1 Å². The Morgan fingerprint density at radius 1 is 1.47 bits per heavy atom. The van der Waals surface area contributed by atoms with Gasteiger partial charge in [-0.05, 0) is 30.7 Å². The number of aryl methyl sites for hydroxylation is 1. The van der Waals surface area contributed by atoms with Crippen molar-refractivity contribution in [3.8, 4) is 0 Å². The van der Waals surface area contributed by atoms with Gasteiger partial charge in [0.25, 0.3) is 5.91 Å². The summed E-state index contributed by atoms with van der Waals surface area (Å²) >= 11 is 0. The molecule has 0 saturated heterocycles. The first-order valence-corrected chi connectivity index (χ1v) is 4.77. The minimum atomic E-state index is -0.298. The van der Waals surface area contributed by atoms with E-state index in [-0.39, 0.29) is 11.7 Å². The number of amides is 1. The summed E-state index contributed by atoms with van der Waals surface area (Å²) in [7, 11) is 0. The Hall–Kier alpha value is -1.71. The average molecular weight is 206 g/mol. The van der Waals surface area contributed by atoms with Crippen molar-refractivity contribution in [2.24, 2.45) is 4.99 Å². The highest BCUT2D eigenvalue weighted by molar-refractivity contribution is 6.46. The third-order valence-electron chi connectivity index (χ3n) is 2.33. The highest BCUT2D eigenvalue weighted by Crippen LogP contribution is 2.12. The van der Waals surface area contributed by atoms with E-state index in [1.165, 1.54) is 12.1 Å². The molecule has 0 fully saturated rings. The van der Waals surface area contributed by atoms with Crippen LogP contribution in [0.15, 0.2) is 23.2 Å². The number of benzene rings is 1. The molecule has 78 valence electrons. The van der Waals surface area contributed by atoms with Gasteiger partial charge in [0.05, 0.1) is 6.54 Å². The van der Waals surface area contributed by atoms with Crippen LogP contribution in [-0.2, 0) is 4.79 Å². The fourth-order valence-corrected chi connectivity index (χ4v) is 1.59. The predicted molar refractivity (Wildman–Crippen MR) is 55.6 cm³/mol. The Morgan fingerprint density at radius 2 is 2.27 bits per heavy atom. The quantitative estimate of drug-likeness (QED) is 0.733. The molecule has 0 aliphatic carbocycles. The summed E-state index contributed by atoms with van der Waals surface area (Å²) in [5.41, 5.74) is 1.83. The topological polar surface area (TPSA) is 41.5 Å². The van der Waals surface area contributed by atoms with Crippen LogP contribution < -0.4 is 5.32 Å². The first-order chi connectivity index (χ1) is 7.18. The lowest BCUT2D eigenvalue weighted by Crippen LogP contribution is -2.38. The van der Waals surface area contributed by atoms with Crippen molar-refractivity contribution in [1.82, 2.24) is 5.32 Å². The maximum absolute atomic E-state index is 12.9. The molecule has 3 nitrogen and oxygen atoms in total. The molecule has 2 rings (SSSR count). The number of nitrogens with one attached hydrogen (secondary N) is 1. The first-order valence-electron chi connectivity index (χ1n) is 4.77. The zero-order valence-electron chi connectivity index (χ0n) is 8.38. The molecule has 4 heteroatoms. The largest absolute Gasteiger partial charge is 0.349 e. The molecule has 0 spiro atoms. The average Bonchev–Trinajstić information content (AvgIpc) is 2.20. The third-order valence-corrected chi connectivity index (χ3v) is 2.33. The maximum atomic E-state index is 12.9. The number of halogens is 1. The van der Waals surface area contributed by atoms with Crippen molar-refractivity contribution in [1.29, 1.82) is 0 Å². The molecule has 1 aromatic rings. The van der Waals surface area contributed by atoms with Crippen molar-refractivity contribution in [2.75, 3.05) is 13.1 Å². The normalized spacial score (nSPS) is 15.9. The second-order valence-corrected chi connectivity index (χ2v) is 3.45. The molecule has 0 atom stereocenters. The molecule has 0 saturated carbocycles. The van der Waals surface area contributed by atoms with Gasteiger partial charge in [-0.15, -0.1) is 0 Å². The zero-order chi connectivity index (χ0) is 10.8. The summed E-state index contributed by atoms with van der Waals surface area (Å²) in [5, 5.41) is 2.71. The summed E-state index contributed by atoms with van der Waals surface area (Å²) in [6.07, 6.45) is 0. The summed E-state index contributed by atoms with van der Waals surface area (Å²) in [5.74, 6) is -0.482. The fraction of sp³-hybridized carbons (Fsp3) is 0.273. The van der Waals surface area contributed by atoms with E-state index in [1.54, 1.807) is 13.0 Å². The van der Waals surface area contributed by atoms with E-state index < -0.39 is 0 Å². The molecule has 0 bridgehead atoms. The summed E-state index contributed by atoms with van der Waals surface area (Å²) in [4.78, 5) is 15.6. The lowest BCUT2D eigenvalue weighted by Gasteiger charge is -2.14. The van der Waals surface area contributed by atoms with Gasteiger partial charge in [-0.25, -0.2) is 4.39 Å². The monoisotopic (exact) mass is 206 g/mol. The summed E-state index contributed by atoms with van der Waals surface area (Å²) in [6.45, 7) is 2.92. The van der Waals surface area contributed by atoms with Gasteiger partial charge in [0.1, 0.15) is 11.5 Å². The number of aliphatic imine (C=N–C) groups is 1. The van der Waals surface area contributed by atoms with Crippen molar-refractivity contribution in [3.05, 3.63) is 35.1 Å². The highest BCUT2D eigenvalue weighted by Gasteiger charge is 2.18. The molecule has 1 aromatic carbocycles. The van der Waals surface area contributed by atoms with Crippen LogP contribution >= 0.6 is 0 Å². The van der Waals surface area contributed by atoms with Crippen molar-refractivity contribution in [3.63, 3.8) is 0 Å². The number of hydrogen-bond acceptors (Lipinski definition) is 2. The van der Waals surface area contributed by atoms with E-state index in [4.69, 9.17) is 0 Å². The van der Waals surface area contributed by atoms with Crippen LogP contribution in [0.5, 0.6) is 0 Å². The van der Waals surface area contributed by atoms with E-state index in [2.05, 4.69) is 10.3 Å². The highest BCUT2D eigenvalue weighted by atomic mass is 19.1. The number of hydrogen-bond donors (Lipinski definition) is 1. The Kier molecular flexibility index (Phi) is 2.49. The van der Waals surface area contributed by atoms with Gasteiger partial charge in [0.15, 0.2) is 0 Å². The summed E-state index contributed by atoms with van der Waals surface area (Å²) < 4.78 is 12.9. The van der Waals surface area contributed by atoms with Gasteiger partial charge in [-0.3, -0.25) is 9.79 Å². The number of carbonyl (C=O) groups is 1. The van der Waals surface area contributed by atoms with Crippen LogP contribution in [-0.4, -0.2) is 24.7 Å². The van der Waals surface area contributed by atoms with E-state index in [0.717, 1.165) is 5.56 Å². The Morgan fingerprint density at radius 3 is 2.93 bits per heavy atom. The lowest BCUT2D eigenvalue weighted by molar-refractivity contribution is -0.114. The van der Waals surface area contributed by atoms with E-state index in [9.17, 15) is 9.18 Å². The van der Waals surface area contributed by atoms with Crippen LogP contribution in [0.1, 0.15) is 11.1 Å². The standard InChI is InChI=1S/C11H11FN2O/c1-7-6-8(12)2-3-9(7)10-11(15)14-5-4-13-10/h2-3,6H,4-5H2,1H3,(H,14,15). The Balaban J connectivity index is 2.45. The molecule has 1 amide bonds. The van der Waals surface area contributed by atoms with Gasteiger partial charge >= 0.3 is 0 Å². The molecule has 0 aromatic heterocycles. The third kappa shape index (κ3) is 1.88. The minimum Gasteiger partial charge on any atom is -0.349 e. The number of nitrogens with zero attached hydrogens (tertiary/aromatic N) is 1. The van der Waals surface area contributed by atoms with Crippen molar-refractivity contribution >= 4 is 11.6 Å². The Bertz CT molecular complexity index is 440. The van der Waals surface area contributed by atoms with E-state index in [1.807, 2.05) is 0 Å². The van der Waals surface area contributed by atoms with Crippen molar-refractivity contribution in [2.45, 2.75) is 6.92 Å². The van der Waals surface area contributed by atoms with Crippen LogP contribution in [0, 0.1) is 12.7 Å². The molecule has 15 heavy (non-hydrogen) atoms.